The van der Waals surface area contributed by atoms with E-state index in [1.165, 1.54) is 41.6 Å². The number of amides is 1. The second-order valence-electron chi connectivity index (χ2n) is 7.73. The SMILES string of the molecule is COc1cc(C[NH+]2CCN(C(=O)c3cc(OC)c(OC)c(OC)c3)CC2)c([N+](=O)[O-])cc1OC. The molecule has 1 saturated heterocycles. The standard InChI is InChI=1S/C23H29N3O8/c1-30-18-12-16(17(26(28)29)13-19(18)31-2)14-24-6-8-25(9-7-24)23(27)15-10-20(32-3)22(34-5)21(11-15)33-4/h10-13H,6-9,14H2,1-5H3/p+1. The van der Waals surface area contributed by atoms with Gasteiger partial charge in [-0.15, -0.1) is 0 Å². The van der Waals surface area contributed by atoms with Crippen LogP contribution in [0.15, 0.2) is 24.3 Å². The number of rotatable bonds is 9. The lowest BCUT2D eigenvalue weighted by Gasteiger charge is -2.32. The van der Waals surface area contributed by atoms with Crippen molar-refractivity contribution in [1.82, 2.24) is 4.90 Å². The predicted octanol–water partition coefficient (Wildman–Crippen LogP) is 1.18. The molecule has 1 N–H and O–H groups in total. The number of hydrogen-bond acceptors (Lipinski definition) is 8. The molecule has 0 atom stereocenters. The fraction of sp³-hybridized carbons (Fsp3) is 0.435. The van der Waals surface area contributed by atoms with Gasteiger partial charge in [0.15, 0.2) is 23.0 Å². The molecule has 184 valence electrons. The Labute approximate surface area is 197 Å². The van der Waals surface area contributed by atoms with Crippen molar-refractivity contribution in [2.24, 2.45) is 0 Å². The van der Waals surface area contributed by atoms with Crippen LogP contribution in [0.1, 0.15) is 15.9 Å². The molecule has 0 unspecified atom stereocenters. The lowest BCUT2D eigenvalue weighted by Crippen LogP contribution is -3.13. The van der Waals surface area contributed by atoms with E-state index < -0.39 is 4.92 Å². The molecule has 2 aromatic rings. The Morgan fingerprint density at radius 1 is 0.882 bits per heavy atom. The highest BCUT2D eigenvalue weighted by Crippen LogP contribution is 2.38. The van der Waals surface area contributed by atoms with Crippen LogP contribution in [0.2, 0.25) is 0 Å². The van der Waals surface area contributed by atoms with Gasteiger partial charge in [-0.05, 0) is 18.2 Å². The molecule has 1 heterocycles. The molecule has 0 spiro atoms. The number of nitro groups is 1. The van der Waals surface area contributed by atoms with Gasteiger partial charge in [-0.3, -0.25) is 14.9 Å². The van der Waals surface area contributed by atoms with Crippen molar-refractivity contribution in [1.29, 1.82) is 0 Å². The second kappa shape index (κ2) is 10.9. The molecule has 0 bridgehead atoms. The Morgan fingerprint density at radius 3 is 1.88 bits per heavy atom. The van der Waals surface area contributed by atoms with E-state index in [-0.39, 0.29) is 11.6 Å². The summed E-state index contributed by atoms with van der Waals surface area (Å²) in [6, 6.07) is 6.31. The molecular weight excluding hydrogens is 446 g/mol. The molecule has 0 radical (unpaired) electrons. The van der Waals surface area contributed by atoms with Crippen LogP contribution in [0, 0.1) is 10.1 Å². The first-order chi connectivity index (χ1) is 16.4. The molecule has 11 heteroatoms. The number of ether oxygens (including phenoxy) is 5. The van der Waals surface area contributed by atoms with Crippen molar-refractivity contribution in [3.05, 3.63) is 45.5 Å². The lowest BCUT2D eigenvalue weighted by molar-refractivity contribution is -0.917. The van der Waals surface area contributed by atoms with Gasteiger partial charge in [0.2, 0.25) is 5.75 Å². The van der Waals surface area contributed by atoms with Gasteiger partial charge in [0.25, 0.3) is 11.6 Å². The van der Waals surface area contributed by atoms with E-state index in [1.807, 2.05) is 0 Å². The first kappa shape index (κ1) is 24.9. The Morgan fingerprint density at radius 2 is 1.41 bits per heavy atom. The van der Waals surface area contributed by atoms with E-state index in [0.29, 0.717) is 72.6 Å². The van der Waals surface area contributed by atoms with Crippen molar-refractivity contribution in [2.75, 3.05) is 61.7 Å². The summed E-state index contributed by atoms with van der Waals surface area (Å²) in [5.41, 5.74) is 0.983. The number of hydrogen-bond donors (Lipinski definition) is 1. The van der Waals surface area contributed by atoms with E-state index in [4.69, 9.17) is 23.7 Å². The number of nitrogens with one attached hydrogen (secondary N) is 1. The van der Waals surface area contributed by atoms with E-state index in [1.54, 1.807) is 23.1 Å². The number of carbonyl (C=O) groups excluding carboxylic acids is 1. The van der Waals surface area contributed by atoms with Crippen LogP contribution < -0.4 is 28.6 Å². The molecule has 2 aromatic carbocycles. The molecule has 0 aliphatic carbocycles. The maximum Gasteiger partial charge on any atom is 0.282 e. The van der Waals surface area contributed by atoms with Gasteiger partial charge < -0.3 is 33.5 Å². The van der Waals surface area contributed by atoms with Crippen LogP contribution in [0.25, 0.3) is 0 Å². The Kier molecular flexibility index (Phi) is 8.00. The third-order valence-electron chi connectivity index (χ3n) is 5.89. The van der Waals surface area contributed by atoms with Crippen molar-refractivity contribution < 1.29 is 38.3 Å². The molecule has 11 nitrogen and oxygen atoms in total. The maximum absolute atomic E-state index is 13.1. The highest BCUT2D eigenvalue weighted by molar-refractivity contribution is 5.95. The third kappa shape index (κ3) is 5.09. The highest BCUT2D eigenvalue weighted by atomic mass is 16.6. The topological polar surface area (TPSA) is 114 Å². The summed E-state index contributed by atoms with van der Waals surface area (Å²) in [4.78, 5) is 27.2. The van der Waals surface area contributed by atoms with Gasteiger partial charge >= 0.3 is 0 Å². The van der Waals surface area contributed by atoms with Crippen LogP contribution in [0.5, 0.6) is 28.7 Å². The average molecular weight is 477 g/mol. The number of piperazine rings is 1. The van der Waals surface area contributed by atoms with Crippen molar-refractivity contribution >= 4 is 11.6 Å². The van der Waals surface area contributed by atoms with Crippen molar-refractivity contribution in [2.45, 2.75) is 6.54 Å². The van der Waals surface area contributed by atoms with E-state index in [0.717, 1.165) is 4.90 Å². The number of nitro benzene ring substituents is 1. The summed E-state index contributed by atoms with van der Waals surface area (Å²) >= 11 is 0. The summed E-state index contributed by atoms with van der Waals surface area (Å²) in [5, 5.41) is 11.6. The molecule has 0 aromatic heterocycles. The largest absolute Gasteiger partial charge is 0.493 e. The van der Waals surface area contributed by atoms with Crippen LogP contribution in [-0.4, -0.2) is 77.5 Å². The summed E-state index contributed by atoms with van der Waals surface area (Å²) in [6.45, 7) is 2.73. The minimum Gasteiger partial charge on any atom is -0.493 e. The second-order valence-corrected chi connectivity index (χ2v) is 7.73. The predicted molar refractivity (Wildman–Crippen MR) is 123 cm³/mol. The summed E-state index contributed by atoms with van der Waals surface area (Å²) in [5.74, 6) is 1.86. The van der Waals surface area contributed by atoms with Crippen LogP contribution in [-0.2, 0) is 6.54 Å². The Balaban J connectivity index is 1.73. The van der Waals surface area contributed by atoms with Crippen molar-refractivity contribution in [3.8, 4) is 28.7 Å². The van der Waals surface area contributed by atoms with Crippen LogP contribution in [0.4, 0.5) is 5.69 Å². The summed E-state index contributed by atoms with van der Waals surface area (Å²) in [6.07, 6.45) is 0. The number of carbonyl (C=O) groups is 1. The number of benzene rings is 2. The van der Waals surface area contributed by atoms with E-state index in [2.05, 4.69) is 0 Å². The van der Waals surface area contributed by atoms with Gasteiger partial charge in [-0.1, -0.05) is 0 Å². The minimum atomic E-state index is -0.416. The number of methoxy groups -OCH3 is 5. The zero-order chi connectivity index (χ0) is 24.8. The fourth-order valence-electron chi connectivity index (χ4n) is 4.08. The smallest absolute Gasteiger partial charge is 0.282 e. The van der Waals surface area contributed by atoms with Crippen molar-refractivity contribution in [3.63, 3.8) is 0 Å². The number of nitrogens with zero attached hydrogens (tertiary/aromatic N) is 2. The van der Waals surface area contributed by atoms with E-state index >= 15 is 0 Å². The molecule has 1 fully saturated rings. The lowest BCUT2D eigenvalue weighted by atomic mass is 10.1. The third-order valence-corrected chi connectivity index (χ3v) is 5.89. The van der Waals surface area contributed by atoms with Gasteiger partial charge in [-0.25, -0.2) is 0 Å². The molecule has 1 amide bonds. The van der Waals surface area contributed by atoms with E-state index in [9.17, 15) is 14.9 Å². The first-order valence-electron chi connectivity index (χ1n) is 10.7. The zero-order valence-corrected chi connectivity index (χ0v) is 20.0. The molecular formula is C23H30N3O8+. The highest BCUT2D eigenvalue weighted by Gasteiger charge is 2.29. The summed E-state index contributed by atoms with van der Waals surface area (Å²) in [7, 11) is 7.44. The molecule has 1 aliphatic rings. The normalized spacial score (nSPS) is 13.9. The monoisotopic (exact) mass is 476 g/mol. The fourth-order valence-corrected chi connectivity index (χ4v) is 4.08. The summed E-state index contributed by atoms with van der Waals surface area (Å²) < 4.78 is 26.5. The maximum atomic E-state index is 13.1. The quantitative estimate of drug-likeness (QED) is 0.424. The first-order valence-corrected chi connectivity index (χ1v) is 10.7. The Bertz CT molecular complexity index is 1030. The zero-order valence-electron chi connectivity index (χ0n) is 20.0. The van der Waals surface area contributed by atoms with Gasteiger partial charge in [0.1, 0.15) is 6.54 Å². The number of quaternary nitrogens is 1. The van der Waals surface area contributed by atoms with Crippen LogP contribution in [0.3, 0.4) is 0 Å². The molecule has 3 rings (SSSR count). The van der Waals surface area contributed by atoms with Crippen LogP contribution >= 0.6 is 0 Å². The van der Waals surface area contributed by atoms with Gasteiger partial charge in [0.05, 0.1) is 78.3 Å². The minimum absolute atomic E-state index is 0.0129. The average Bonchev–Trinajstić information content (AvgIpc) is 2.87. The van der Waals surface area contributed by atoms with Gasteiger partial charge in [-0.2, -0.15) is 0 Å². The van der Waals surface area contributed by atoms with Gasteiger partial charge in [0, 0.05) is 5.56 Å². The Hall–Kier alpha value is -3.73. The molecule has 0 saturated carbocycles. The molecule has 34 heavy (non-hydrogen) atoms. The molecule has 1 aliphatic heterocycles.